The number of piperidine rings is 1. The van der Waals surface area contributed by atoms with Gasteiger partial charge in [0.05, 0.1) is 0 Å². The van der Waals surface area contributed by atoms with Crippen molar-refractivity contribution in [2.24, 2.45) is 11.1 Å². The van der Waals surface area contributed by atoms with E-state index in [-0.39, 0.29) is 28.5 Å². The third kappa shape index (κ3) is 2.82. The van der Waals surface area contributed by atoms with E-state index >= 15 is 0 Å². The van der Waals surface area contributed by atoms with Crippen LogP contribution in [0.15, 0.2) is 17.1 Å². The fraction of sp³-hybridized carbons (Fsp3) is 0.667. The van der Waals surface area contributed by atoms with Gasteiger partial charge in [0.25, 0.3) is 11.5 Å². The molecule has 1 amide bonds. The van der Waals surface area contributed by atoms with Crippen LogP contribution in [0, 0.1) is 5.41 Å². The van der Waals surface area contributed by atoms with Gasteiger partial charge in [-0.1, -0.05) is 13.3 Å². The zero-order valence-corrected chi connectivity index (χ0v) is 13.9. The minimum atomic E-state index is -0.285. The second kappa shape index (κ2) is 6.48. The summed E-state index contributed by atoms with van der Waals surface area (Å²) in [6, 6.07) is 1.94. The summed E-state index contributed by atoms with van der Waals surface area (Å²) in [7, 11) is 0. The maximum atomic E-state index is 13.1. The van der Waals surface area contributed by atoms with Crippen LogP contribution in [0.3, 0.4) is 0 Å². The first-order valence-corrected chi connectivity index (χ1v) is 8.84. The lowest BCUT2D eigenvalue weighted by atomic mass is 9.61. The number of nitrogens with zero attached hydrogens (tertiary/aromatic N) is 1. The number of nitrogens with one attached hydrogen (secondary N) is 1. The van der Waals surface area contributed by atoms with Crippen molar-refractivity contribution in [3.63, 3.8) is 0 Å². The van der Waals surface area contributed by atoms with Crippen LogP contribution in [0.2, 0.25) is 0 Å². The minimum absolute atomic E-state index is 0.0746. The van der Waals surface area contributed by atoms with E-state index in [2.05, 4.69) is 4.98 Å². The second-order valence-corrected chi connectivity index (χ2v) is 7.03. The normalized spacial score (nSPS) is 23.4. The van der Waals surface area contributed by atoms with Crippen molar-refractivity contribution < 1.29 is 4.79 Å². The summed E-state index contributed by atoms with van der Waals surface area (Å²) in [6.07, 6.45) is 9.05. The molecule has 2 aliphatic rings. The summed E-state index contributed by atoms with van der Waals surface area (Å²) in [6.45, 7) is 3.39. The molecule has 1 saturated heterocycles. The summed E-state index contributed by atoms with van der Waals surface area (Å²) < 4.78 is 0. The molecule has 1 unspecified atom stereocenters. The molecule has 1 saturated carbocycles. The van der Waals surface area contributed by atoms with Gasteiger partial charge in [-0.2, -0.15) is 0 Å². The Morgan fingerprint density at radius 2 is 2.17 bits per heavy atom. The number of aromatic nitrogens is 1. The monoisotopic (exact) mass is 317 g/mol. The van der Waals surface area contributed by atoms with Gasteiger partial charge in [-0.25, -0.2) is 0 Å². The molecule has 0 bridgehead atoms. The number of hydrogen-bond acceptors (Lipinski definition) is 3. The van der Waals surface area contributed by atoms with Crippen LogP contribution < -0.4 is 11.3 Å². The van der Waals surface area contributed by atoms with Gasteiger partial charge in [0.15, 0.2) is 0 Å². The predicted molar refractivity (Wildman–Crippen MR) is 90.5 cm³/mol. The van der Waals surface area contributed by atoms with Gasteiger partial charge in [-0.15, -0.1) is 0 Å². The van der Waals surface area contributed by atoms with Crippen molar-refractivity contribution in [3.05, 3.63) is 33.7 Å². The SMILES string of the molecule is CCc1c[nH]c(=O)c(C(=O)N2CCCCC2C2(CN)CCC2)c1. The maximum absolute atomic E-state index is 13.1. The molecule has 23 heavy (non-hydrogen) atoms. The van der Waals surface area contributed by atoms with Crippen molar-refractivity contribution in [2.45, 2.75) is 57.9 Å². The van der Waals surface area contributed by atoms with E-state index in [4.69, 9.17) is 5.73 Å². The standard InChI is InChI=1S/C18H27N3O2/c1-2-13-10-14(16(22)20-11-13)17(23)21-9-4-3-6-15(21)18(12-19)7-5-8-18/h10-11,15H,2-9,12,19H2,1H3,(H,20,22). The highest BCUT2D eigenvalue weighted by Crippen LogP contribution is 2.47. The topological polar surface area (TPSA) is 79.2 Å². The smallest absolute Gasteiger partial charge is 0.260 e. The van der Waals surface area contributed by atoms with Crippen molar-refractivity contribution in [1.29, 1.82) is 0 Å². The number of likely N-dealkylation sites (tertiary alicyclic amines) is 1. The van der Waals surface area contributed by atoms with Crippen molar-refractivity contribution in [1.82, 2.24) is 9.88 Å². The molecule has 1 atom stereocenters. The van der Waals surface area contributed by atoms with Gasteiger partial charge in [0.1, 0.15) is 5.56 Å². The third-order valence-corrected chi connectivity index (χ3v) is 5.83. The average Bonchev–Trinajstić information content (AvgIpc) is 2.55. The number of pyridine rings is 1. The Bertz CT molecular complexity index is 628. The molecule has 5 heteroatoms. The van der Waals surface area contributed by atoms with Gasteiger partial charge in [0, 0.05) is 24.2 Å². The molecule has 3 rings (SSSR count). The molecular weight excluding hydrogens is 290 g/mol. The van der Waals surface area contributed by atoms with Crippen LogP contribution in [-0.2, 0) is 6.42 Å². The van der Waals surface area contributed by atoms with Crippen LogP contribution in [0.5, 0.6) is 0 Å². The minimum Gasteiger partial charge on any atom is -0.335 e. The highest BCUT2D eigenvalue weighted by Gasteiger charge is 2.47. The van der Waals surface area contributed by atoms with E-state index in [1.165, 1.54) is 6.42 Å². The molecule has 2 fully saturated rings. The highest BCUT2D eigenvalue weighted by atomic mass is 16.2. The first kappa shape index (κ1) is 16.2. The quantitative estimate of drug-likeness (QED) is 0.892. The van der Waals surface area contributed by atoms with Gasteiger partial charge >= 0.3 is 0 Å². The Morgan fingerprint density at radius 1 is 1.39 bits per heavy atom. The van der Waals surface area contributed by atoms with E-state index in [0.29, 0.717) is 6.54 Å². The Hall–Kier alpha value is -1.62. The van der Waals surface area contributed by atoms with Crippen LogP contribution in [-0.4, -0.2) is 34.9 Å². The number of aromatic amines is 1. The Kier molecular flexibility index (Phi) is 4.57. The number of carbonyl (C=O) groups is 1. The molecule has 1 aromatic heterocycles. The first-order valence-electron chi connectivity index (χ1n) is 8.84. The number of carbonyl (C=O) groups excluding carboxylic acids is 1. The van der Waals surface area contributed by atoms with E-state index < -0.39 is 0 Å². The summed E-state index contributed by atoms with van der Waals surface area (Å²) in [5.74, 6) is -0.119. The van der Waals surface area contributed by atoms with Crippen molar-refractivity contribution in [2.75, 3.05) is 13.1 Å². The second-order valence-electron chi connectivity index (χ2n) is 7.03. The first-order chi connectivity index (χ1) is 11.1. The largest absolute Gasteiger partial charge is 0.335 e. The number of rotatable bonds is 4. The molecule has 1 aromatic rings. The molecule has 0 spiro atoms. The highest BCUT2D eigenvalue weighted by molar-refractivity contribution is 5.94. The Labute approximate surface area is 137 Å². The average molecular weight is 317 g/mol. The Balaban J connectivity index is 1.91. The van der Waals surface area contributed by atoms with E-state index in [9.17, 15) is 9.59 Å². The van der Waals surface area contributed by atoms with Gasteiger partial charge in [-0.05, 0) is 56.7 Å². The summed E-state index contributed by atoms with van der Waals surface area (Å²) in [5.41, 5.74) is 7.12. The predicted octanol–water partition coefficient (Wildman–Crippen LogP) is 2.06. The van der Waals surface area contributed by atoms with Crippen LogP contribution in [0.25, 0.3) is 0 Å². The molecule has 3 N–H and O–H groups in total. The number of nitrogens with two attached hydrogens (primary N) is 1. The maximum Gasteiger partial charge on any atom is 0.260 e. The molecule has 5 nitrogen and oxygen atoms in total. The summed E-state index contributed by atoms with van der Waals surface area (Å²) in [5, 5.41) is 0. The van der Waals surface area contributed by atoms with Gasteiger partial charge in [-0.3, -0.25) is 9.59 Å². The molecule has 0 radical (unpaired) electrons. The molecular formula is C18H27N3O2. The molecule has 1 aliphatic heterocycles. The number of H-pyrrole nitrogens is 1. The Morgan fingerprint density at radius 3 is 2.78 bits per heavy atom. The number of hydrogen-bond donors (Lipinski definition) is 2. The molecule has 0 aromatic carbocycles. The molecule has 2 heterocycles. The summed E-state index contributed by atoms with van der Waals surface area (Å²) in [4.78, 5) is 29.9. The molecule has 126 valence electrons. The van der Waals surface area contributed by atoms with Crippen LogP contribution in [0.1, 0.15) is 61.4 Å². The number of amides is 1. The lowest BCUT2D eigenvalue weighted by Gasteiger charge is -2.53. The van der Waals surface area contributed by atoms with Crippen LogP contribution >= 0.6 is 0 Å². The third-order valence-electron chi connectivity index (χ3n) is 5.83. The molecule has 1 aliphatic carbocycles. The summed E-state index contributed by atoms with van der Waals surface area (Å²) >= 11 is 0. The van der Waals surface area contributed by atoms with Gasteiger partial charge in [0.2, 0.25) is 0 Å². The lowest BCUT2D eigenvalue weighted by Crippen LogP contribution is -2.58. The fourth-order valence-electron chi connectivity index (χ4n) is 4.16. The van der Waals surface area contributed by atoms with Crippen LogP contribution in [0.4, 0.5) is 0 Å². The van der Waals surface area contributed by atoms with Crippen molar-refractivity contribution >= 4 is 5.91 Å². The van der Waals surface area contributed by atoms with Gasteiger partial charge < -0.3 is 15.6 Å². The zero-order chi connectivity index (χ0) is 16.4. The number of aryl methyl sites for hydroxylation is 1. The zero-order valence-electron chi connectivity index (χ0n) is 13.9. The van der Waals surface area contributed by atoms with E-state index in [0.717, 1.165) is 50.6 Å². The van der Waals surface area contributed by atoms with E-state index in [1.807, 2.05) is 11.8 Å². The lowest BCUT2D eigenvalue weighted by molar-refractivity contribution is -0.00886. The fourth-order valence-corrected chi connectivity index (χ4v) is 4.16. The van der Waals surface area contributed by atoms with Crippen molar-refractivity contribution in [3.8, 4) is 0 Å². The van der Waals surface area contributed by atoms with E-state index in [1.54, 1.807) is 12.3 Å².